The summed E-state index contributed by atoms with van der Waals surface area (Å²) in [4.78, 5) is 17.0. The lowest BCUT2D eigenvalue weighted by Crippen LogP contribution is -2.47. The summed E-state index contributed by atoms with van der Waals surface area (Å²) in [7, 11) is 1.61. The van der Waals surface area contributed by atoms with Gasteiger partial charge in [0.15, 0.2) is 0 Å². The number of para-hydroxylation sites is 2. The van der Waals surface area contributed by atoms with Crippen molar-refractivity contribution in [2.24, 2.45) is 0 Å². The maximum atomic E-state index is 12.2. The molecule has 0 saturated carbocycles. The Bertz CT molecular complexity index is 740. The number of methoxy groups -OCH3 is 1. The molecule has 1 aliphatic heterocycles. The normalized spacial score (nSPS) is 14.9. The third-order valence-electron chi connectivity index (χ3n) is 4.78. The first kappa shape index (κ1) is 18.3. The second kappa shape index (κ2) is 8.72. The van der Waals surface area contributed by atoms with Gasteiger partial charge in [-0.05, 0) is 36.8 Å². The van der Waals surface area contributed by atoms with Crippen molar-refractivity contribution in [3.63, 3.8) is 0 Å². The molecule has 0 unspecified atom stereocenters. The van der Waals surface area contributed by atoms with Crippen LogP contribution in [0.4, 0.5) is 11.4 Å². The van der Waals surface area contributed by atoms with Crippen LogP contribution in [0.25, 0.3) is 0 Å². The van der Waals surface area contributed by atoms with E-state index in [1.54, 1.807) is 7.11 Å². The van der Waals surface area contributed by atoms with Gasteiger partial charge in [-0.25, -0.2) is 0 Å². The minimum absolute atomic E-state index is 0.0237. The Balaban J connectivity index is 1.44. The van der Waals surface area contributed by atoms with Crippen LogP contribution in [0, 0.1) is 6.92 Å². The molecule has 2 aromatic carbocycles. The molecule has 1 amide bonds. The third kappa shape index (κ3) is 4.76. The highest BCUT2D eigenvalue weighted by molar-refractivity contribution is 5.92. The molecule has 0 radical (unpaired) electrons. The van der Waals surface area contributed by atoms with Gasteiger partial charge in [0, 0.05) is 44.8 Å². The SMILES string of the molecule is COc1ccccc1NC(=O)CCN1CCN(c2cccc(C)c2)CC1. The molecule has 26 heavy (non-hydrogen) atoms. The molecular formula is C21H27N3O2. The van der Waals surface area contributed by atoms with E-state index >= 15 is 0 Å². The molecule has 1 N–H and O–H groups in total. The standard InChI is InChI=1S/C21H27N3O2/c1-17-6-5-7-18(16-17)24-14-12-23(13-15-24)11-10-21(25)22-19-8-3-4-9-20(19)26-2/h3-9,16H,10-15H2,1-2H3,(H,22,25). The first-order chi connectivity index (χ1) is 12.7. The Morgan fingerprint density at radius 2 is 1.85 bits per heavy atom. The molecule has 1 heterocycles. The number of rotatable bonds is 6. The van der Waals surface area contributed by atoms with Crippen molar-refractivity contribution in [3.8, 4) is 5.75 Å². The summed E-state index contributed by atoms with van der Waals surface area (Å²) in [5.74, 6) is 0.711. The fourth-order valence-electron chi connectivity index (χ4n) is 3.27. The van der Waals surface area contributed by atoms with Gasteiger partial charge < -0.3 is 15.0 Å². The molecule has 138 valence electrons. The van der Waals surface area contributed by atoms with Crippen LogP contribution in [0.2, 0.25) is 0 Å². The smallest absolute Gasteiger partial charge is 0.225 e. The van der Waals surface area contributed by atoms with Crippen molar-refractivity contribution in [1.82, 2.24) is 4.90 Å². The Hall–Kier alpha value is -2.53. The quantitative estimate of drug-likeness (QED) is 0.866. The third-order valence-corrected chi connectivity index (χ3v) is 4.78. The minimum atomic E-state index is 0.0237. The number of ether oxygens (including phenoxy) is 1. The summed E-state index contributed by atoms with van der Waals surface area (Å²) in [6, 6.07) is 16.1. The van der Waals surface area contributed by atoms with Crippen LogP contribution in [-0.2, 0) is 4.79 Å². The van der Waals surface area contributed by atoms with Crippen LogP contribution in [0.3, 0.4) is 0 Å². The fourth-order valence-corrected chi connectivity index (χ4v) is 3.27. The summed E-state index contributed by atoms with van der Waals surface area (Å²) < 4.78 is 5.27. The number of carbonyl (C=O) groups excluding carboxylic acids is 1. The van der Waals surface area contributed by atoms with Gasteiger partial charge >= 0.3 is 0 Å². The second-order valence-corrected chi connectivity index (χ2v) is 6.67. The summed E-state index contributed by atoms with van der Waals surface area (Å²) in [6.45, 7) is 6.86. The summed E-state index contributed by atoms with van der Waals surface area (Å²) in [5, 5.41) is 2.94. The molecule has 0 bridgehead atoms. The van der Waals surface area contributed by atoms with Crippen LogP contribution in [0.15, 0.2) is 48.5 Å². The zero-order valence-corrected chi connectivity index (χ0v) is 15.6. The Morgan fingerprint density at radius 3 is 2.58 bits per heavy atom. The molecule has 1 aliphatic rings. The molecule has 5 heteroatoms. The zero-order chi connectivity index (χ0) is 18.4. The molecule has 0 atom stereocenters. The lowest BCUT2D eigenvalue weighted by molar-refractivity contribution is -0.116. The lowest BCUT2D eigenvalue weighted by Gasteiger charge is -2.36. The average Bonchev–Trinajstić information content (AvgIpc) is 2.67. The molecule has 0 aliphatic carbocycles. The summed E-state index contributed by atoms with van der Waals surface area (Å²) >= 11 is 0. The molecule has 0 spiro atoms. The van der Waals surface area contributed by atoms with Crippen LogP contribution < -0.4 is 15.0 Å². The molecule has 1 saturated heterocycles. The first-order valence-electron chi connectivity index (χ1n) is 9.12. The highest BCUT2D eigenvalue weighted by atomic mass is 16.5. The van der Waals surface area contributed by atoms with Crippen molar-refractivity contribution in [3.05, 3.63) is 54.1 Å². The minimum Gasteiger partial charge on any atom is -0.495 e. The van der Waals surface area contributed by atoms with Crippen LogP contribution >= 0.6 is 0 Å². The monoisotopic (exact) mass is 353 g/mol. The van der Waals surface area contributed by atoms with E-state index in [9.17, 15) is 4.79 Å². The van der Waals surface area contributed by atoms with Crippen LogP contribution in [0.1, 0.15) is 12.0 Å². The number of amides is 1. The predicted octanol–water partition coefficient (Wildman–Crippen LogP) is 3.15. The van der Waals surface area contributed by atoms with Gasteiger partial charge in [0.1, 0.15) is 5.75 Å². The molecule has 1 fully saturated rings. The van der Waals surface area contributed by atoms with Gasteiger partial charge in [0.2, 0.25) is 5.91 Å². The van der Waals surface area contributed by atoms with Crippen molar-refractivity contribution in [2.45, 2.75) is 13.3 Å². The molecule has 0 aromatic heterocycles. The van der Waals surface area contributed by atoms with Crippen molar-refractivity contribution in [2.75, 3.05) is 50.1 Å². The Kier molecular flexibility index (Phi) is 6.12. The van der Waals surface area contributed by atoms with Gasteiger partial charge in [0.25, 0.3) is 0 Å². The van der Waals surface area contributed by atoms with Crippen molar-refractivity contribution in [1.29, 1.82) is 0 Å². The average molecular weight is 353 g/mol. The Morgan fingerprint density at radius 1 is 1.08 bits per heavy atom. The molecule has 2 aromatic rings. The maximum Gasteiger partial charge on any atom is 0.225 e. The van der Waals surface area contributed by atoms with E-state index in [0.717, 1.165) is 38.4 Å². The van der Waals surface area contributed by atoms with Crippen LogP contribution in [0.5, 0.6) is 5.75 Å². The number of aryl methyl sites for hydroxylation is 1. The highest BCUT2D eigenvalue weighted by Crippen LogP contribution is 2.23. The van der Waals surface area contributed by atoms with Gasteiger partial charge in [-0.3, -0.25) is 9.69 Å². The van der Waals surface area contributed by atoms with Gasteiger partial charge in [-0.15, -0.1) is 0 Å². The zero-order valence-electron chi connectivity index (χ0n) is 15.6. The van der Waals surface area contributed by atoms with Crippen molar-refractivity contribution >= 4 is 17.3 Å². The van der Waals surface area contributed by atoms with Crippen molar-refractivity contribution < 1.29 is 9.53 Å². The summed E-state index contributed by atoms with van der Waals surface area (Å²) in [5.41, 5.74) is 3.31. The predicted molar refractivity (Wildman–Crippen MR) is 106 cm³/mol. The number of piperazine rings is 1. The molecular weight excluding hydrogens is 326 g/mol. The van der Waals surface area contributed by atoms with E-state index in [-0.39, 0.29) is 5.91 Å². The van der Waals surface area contributed by atoms with Crippen LogP contribution in [-0.4, -0.2) is 50.6 Å². The number of carbonyl (C=O) groups is 1. The summed E-state index contributed by atoms with van der Waals surface area (Å²) in [6.07, 6.45) is 0.489. The largest absolute Gasteiger partial charge is 0.495 e. The fraction of sp³-hybridized carbons (Fsp3) is 0.381. The lowest BCUT2D eigenvalue weighted by atomic mass is 10.2. The van der Waals surface area contributed by atoms with E-state index in [2.05, 4.69) is 46.3 Å². The Labute approximate surface area is 155 Å². The van der Waals surface area contributed by atoms with E-state index in [4.69, 9.17) is 4.74 Å². The molecule has 5 nitrogen and oxygen atoms in total. The number of nitrogens with zero attached hydrogens (tertiary/aromatic N) is 2. The second-order valence-electron chi connectivity index (χ2n) is 6.67. The van der Waals surface area contributed by atoms with E-state index < -0.39 is 0 Å². The number of anilines is 2. The van der Waals surface area contributed by atoms with E-state index in [0.29, 0.717) is 12.2 Å². The van der Waals surface area contributed by atoms with Gasteiger partial charge in [-0.2, -0.15) is 0 Å². The maximum absolute atomic E-state index is 12.2. The van der Waals surface area contributed by atoms with Gasteiger partial charge in [-0.1, -0.05) is 24.3 Å². The number of hydrogen-bond acceptors (Lipinski definition) is 4. The van der Waals surface area contributed by atoms with E-state index in [1.807, 2.05) is 24.3 Å². The van der Waals surface area contributed by atoms with E-state index in [1.165, 1.54) is 11.3 Å². The first-order valence-corrected chi connectivity index (χ1v) is 9.12. The number of nitrogens with one attached hydrogen (secondary N) is 1. The number of benzene rings is 2. The number of hydrogen-bond donors (Lipinski definition) is 1. The molecule has 3 rings (SSSR count). The highest BCUT2D eigenvalue weighted by Gasteiger charge is 2.18. The van der Waals surface area contributed by atoms with Gasteiger partial charge in [0.05, 0.1) is 12.8 Å². The topological polar surface area (TPSA) is 44.8 Å².